The number of hydrogen-bond acceptors (Lipinski definition) is 5. The van der Waals surface area contributed by atoms with E-state index in [0.29, 0.717) is 36.7 Å². The van der Waals surface area contributed by atoms with Gasteiger partial charge < -0.3 is 9.47 Å². The van der Waals surface area contributed by atoms with Crippen molar-refractivity contribution >= 4 is 30.8 Å². The van der Waals surface area contributed by atoms with Crippen LogP contribution in [0.25, 0.3) is 22.6 Å². The first-order valence-electron chi connectivity index (χ1n) is 12.6. The van der Waals surface area contributed by atoms with E-state index in [1.165, 1.54) is 10.1 Å². The molecule has 2 aromatic heterocycles. The number of fused-ring (bicyclic) bond motifs is 1. The predicted molar refractivity (Wildman–Crippen MR) is 149 cm³/mol. The van der Waals surface area contributed by atoms with Crippen molar-refractivity contribution in [1.29, 1.82) is 0 Å². The Morgan fingerprint density at radius 3 is 2.56 bits per heavy atom. The standard InChI is InChI=1S/C27H35ClN4O3Si/c1-5-15-31-26(33)23-24(30-27(31)28)29-25(32(23)19-34-16-17-36(2,3)4)21-11-13-22(14-12-21)35-18-20-9-7-6-8-10-20/h6-7,9,11-14H,5,8,10,15-19H2,1-4H3. The molecular weight excluding hydrogens is 492 g/mol. The van der Waals surface area contributed by atoms with Crippen LogP contribution in [0.5, 0.6) is 5.75 Å². The summed E-state index contributed by atoms with van der Waals surface area (Å²) in [4.78, 5) is 22.5. The van der Waals surface area contributed by atoms with Gasteiger partial charge in [-0.25, -0.2) is 4.98 Å². The van der Waals surface area contributed by atoms with Crippen molar-refractivity contribution < 1.29 is 9.47 Å². The molecule has 2 heterocycles. The van der Waals surface area contributed by atoms with E-state index in [4.69, 9.17) is 26.1 Å². The van der Waals surface area contributed by atoms with E-state index in [2.05, 4.69) is 42.9 Å². The van der Waals surface area contributed by atoms with E-state index in [1.54, 1.807) is 0 Å². The Labute approximate surface area is 218 Å². The SMILES string of the molecule is CCCn1c(Cl)nc2nc(-c3ccc(OCC4=CC=CCC4)cc3)n(COCC[Si](C)(C)C)c2c1=O. The molecule has 0 fully saturated rings. The molecule has 9 heteroatoms. The molecule has 4 rings (SSSR count). The Morgan fingerprint density at radius 2 is 1.89 bits per heavy atom. The largest absolute Gasteiger partial charge is 0.489 e. The molecule has 1 aromatic carbocycles. The lowest BCUT2D eigenvalue weighted by molar-refractivity contribution is 0.0908. The lowest BCUT2D eigenvalue weighted by atomic mass is 10.1. The second-order valence-corrected chi connectivity index (χ2v) is 16.3. The molecule has 7 nitrogen and oxygen atoms in total. The molecule has 0 unspecified atom stereocenters. The van der Waals surface area contributed by atoms with E-state index in [9.17, 15) is 4.79 Å². The number of allylic oxidation sites excluding steroid dienone is 3. The summed E-state index contributed by atoms with van der Waals surface area (Å²) in [5, 5.41) is 0.154. The average molecular weight is 527 g/mol. The number of rotatable bonds is 11. The van der Waals surface area contributed by atoms with Crippen molar-refractivity contribution in [3.05, 3.63) is 63.7 Å². The summed E-state index contributed by atoms with van der Waals surface area (Å²) in [5.41, 5.74) is 2.68. The minimum Gasteiger partial charge on any atom is -0.489 e. The monoisotopic (exact) mass is 526 g/mol. The maximum Gasteiger partial charge on any atom is 0.280 e. The fraction of sp³-hybridized carbons (Fsp3) is 0.444. The summed E-state index contributed by atoms with van der Waals surface area (Å²) in [7, 11) is -1.24. The second kappa shape index (κ2) is 11.6. The zero-order valence-electron chi connectivity index (χ0n) is 21.6. The number of aromatic nitrogens is 4. The maximum atomic E-state index is 13.4. The Balaban J connectivity index is 1.64. The third-order valence-corrected chi connectivity index (χ3v) is 8.11. The van der Waals surface area contributed by atoms with Gasteiger partial charge in [0.15, 0.2) is 11.2 Å². The number of imidazole rings is 1. The number of halogens is 1. The average Bonchev–Trinajstić information content (AvgIpc) is 3.21. The minimum absolute atomic E-state index is 0.154. The van der Waals surface area contributed by atoms with E-state index in [1.807, 2.05) is 35.8 Å². The molecule has 0 spiro atoms. The lowest BCUT2D eigenvalue weighted by Crippen LogP contribution is -2.25. The normalized spacial score (nSPS) is 13.9. The number of ether oxygens (including phenoxy) is 2. The zero-order chi connectivity index (χ0) is 25.7. The zero-order valence-corrected chi connectivity index (χ0v) is 23.3. The molecule has 0 saturated carbocycles. The van der Waals surface area contributed by atoms with Crippen LogP contribution >= 0.6 is 11.6 Å². The van der Waals surface area contributed by atoms with Crippen LogP contribution < -0.4 is 10.3 Å². The Morgan fingerprint density at radius 1 is 1.11 bits per heavy atom. The molecule has 1 aliphatic carbocycles. The molecular formula is C27H35ClN4O3Si. The summed E-state index contributed by atoms with van der Waals surface area (Å²) in [6, 6.07) is 8.81. The van der Waals surface area contributed by atoms with Gasteiger partial charge in [-0.2, -0.15) is 4.98 Å². The molecule has 0 amide bonds. The van der Waals surface area contributed by atoms with Crippen molar-refractivity contribution in [2.75, 3.05) is 13.2 Å². The van der Waals surface area contributed by atoms with Crippen molar-refractivity contribution in [2.45, 2.75) is 65.1 Å². The molecule has 1 aliphatic rings. The van der Waals surface area contributed by atoms with Crippen molar-refractivity contribution in [3.63, 3.8) is 0 Å². The smallest absolute Gasteiger partial charge is 0.280 e. The molecule has 0 N–H and O–H groups in total. The summed E-state index contributed by atoms with van der Waals surface area (Å²) < 4.78 is 15.4. The molecule has 3 aromatic rings. The van der Waals surface area contributed by atoms with Gasteiger partial charge in [0.1, 0.15) is 24.9 Å². The highest BCUT2D eigenvalue weighted by molar-refractivity contribution is 6.76. The predicted octanol–water partition coefficient (Wildman–Crippen LogP) is 6.29. The van der Waals surface area contributed by atoms with Crippen molar-refractivity contribution in [1.82, 2.24) is 19.1 Å². The second-order valence-electron chi connectivity index (χ2n) is 10.3. The summed E-state index contributed by atoms with van der Waals surface area (Å²) >= 11 is 6.34. The Hall–Kier alpha value is -2.68. The van der Waals surface area contributed by atoms with Gasteiger partial charge in [0, 0.05) is 26.8 Å². The van der Waals surface area contributed by atoms with E-state index < -0.39 is 8.07 Å². The molecule has 0 radical (unpaired) electrons. The van der Waals surface area contributed by atoms with Gasteiger partial charge in [0.2, 0.25) is 5.28 Å². The first-order chi connectivity index (χ1) is 17.3. The topological polar surface area (TPSA) is 71.2 Å². The van der Waals surface area contributed by atoms with E-state index >= 15 is 0 Å². The fourth-order valence-corrected chi connectivity index (χ4v) is 5.03. The van der Waals surface area contributed by atoms with Crippen LogP contribution in [-0.4, -0.2) is 40.4 Å². The molecule has 192 valence electrons. The first kappa shape index (κ1) is 26.4. The minimum atomic E-state index is -1.24. The van der Waals surface area contributed by atoms with Crippen LogP contribution in [0.2, 0.25) is 31.0 Å². The van der Waals surface area contributed by atoms with Gasteiger partial charge in [-0.05, 0) is 66.7 Å². The van der Waals surface area contributed by atoms with E-state index in [0.717, 1.165) is 36.6 Å². The quantitative estimate of drug-likeness (QED) is 0.167. The van der Waals surface area contributed by atoms with Gasteiger partial charge in [0.25, 0.3) is 5.56 Å². The van der Waals surface area contributed by atoms with Crippen LogP contribution in [0.1, 0.15) is 26.2 Å². The molecule has 36 heavy (non-hydrogen) atoms. The molecule has 0 saturated heterocycles. The summed E-state index contributed by atoms with van der Waals surface area (Å²) in [5.74, 6) is 1.41. The number of benzene rings is 1. The van der Waals surface area contributed by atoms with Gasteiger partial charge in [-0.1, -0.05) is 44.8 Å². The number of nitrogens with zero attached hydrogens (tertiary/aromatic N) is 4. The number of hydrogen-bond donors (Lipinski definition) is 0. The van der Waals surface area contributed by atoms with Crippen LogP contribution in [-0.2, 0) is 18.0 Å². The first-order valence-corrected chi connectivity index (χ1v) is 16.7. The summed E-state index contributed by atoms with van der Waals surface area (Å²) in [6.45, 7) is 10.9. The fourth-order valence-electron chi connectivity index (χ4n) is 4.04. The highest BCUT2D eigenvalue weighted by Gasteiger charge is 2.21. The summed E-state index contributed by atoms with van der Waals surface area (Å²) in [6.07, 6.45) is 9.22. The van der Waals surface area contributed by atoms with Crippen LogP contribution in [0, 0.1) is 0 Å². The third kappa shape index (κ3) is 6.35. The van der Waals surface area contributed by atoms with Gasteiger partial charge in [0.05, 0.1) is 0 Å². The lowest BCUT2D eigenvalue weighted by Gasteiger charge is -2.16. The highest BCUT2D eigenvalue weighted by Crippen LogP contribution is 2.26. The van der Waals surface area contributed by atoms with Gasteiger partial charge in [-0.15, -0.1) is 0 Å². The molecule has 0 aliphatic heterocycles. The van der Waals surface area contributed by atoms with Gasteiger partial charge in [-0.3, -0.25) is 13.9 Å². The molecule has 0 atom stereocenters. The van der Waals surface area contributed by atoms with Crippen LogP contribution in [0.3, 0.4) is 0 Å². The Kier molecular flexibility index (Phi) is 8.49. The van der Waals surface area contributed by atoms with Crippen molar-refractivity contribution in [2.24, 2.45) is 0 Å². The maximum absolute atomic E-state index is 13.4. The third-order valence-electron chi connectivity index (χ3n) is 6.12. The van der Waals surface area contributed by atoms with Crippen LogP contribution in [0.4, 0.5) is 0 Å². The van der Waals surface area contributed by atoms with Crippen LogP contribution in [0.15, 0.2) is 52.9 Å². The molecule has 0 bridgehead atoms. The van der Waals surface area contributed by atoms with Crippen molar-refractivity contribution in [3.8, 4) is 17.1 Å². The Bertz CT molecular complexity index is 1320. The highest BCUT2D eigenvalue weighted by atomic mass is 35.5. The van der Waals surface area contributed by atoms with Gasteiger partial charge >= 0.3 is 0 Å². The van der Waals surface area contributed by atoms with E-state index in [-0.39, 0.29) is 17.6 Å².